The molecular weight excluding hydrogens is 408 g/mol. The van der Waals surface area contributed by atoms with Crippen LogP contribution in [0.5, 0.6) is 5.75 Å². The number of rotatable bonds is 5. The number of halogens is 1. The zero-order valence-electron chi connectivity index (χ0n) is 17.0. The van der Waals surface area contributed by atoms with Crippen molar-refractivity contribution >= 4 is 35.6 Å². The third-order valence-corrected chi connectivity index (χ3v) is 5.48. The van der Waals surface area contributed by atoms with Crippen LogP contribution in [0, 0.1) is 0 Å². The summed E-state index contributed by atoms with van der Waals surface area (Å²) in [4.78, 5) is 26.7. The van der Waals surface area contributed by atoms with Gasteiger partial charge in [0.05, 0.1) is 25.0 Å². The van der Waals surface area contributed by atoms with E-state index in [1.165, 1.54) is 0 Å². The summed E-state index contributed by atoms with van der Waals surface area (Å²) in [5.41, 5.74) is 1.53. The standard InChI is InChI=1S/C20H26N6O3.ClH/c1-29-18-6-5-14(12-17(18)25-11-3-2-4-19(25)27)22-20(28)16-13-26(24-23-16)15-7-9-21-10-8-15;/h5-6,12-13,15,21H,2-4,7-11H2,1H3,(H,22,28);1H. The molecule has 2 amide bonds. The first kappa shape index (κ1) is 22.0. The van der Waals surface area contributed by atoms with Gasteiger partial charge in [-0.2, -0.15) is 0 Å². The van der Waals surface area contributed by atoms with Gasteiger partial charge in [-0.3, -0.25) is 9.59 Å². The molecule has 2 aliphatic rings. The molecular formula is C20H27ClN6O3. The summed E-state index contributed by atoms with van der Waals surface area (Å²) in [6.07, 6.45) is 6.02. The minimum atomic E-state index is -0.328. The molecule has 2 saturated heterocycles. The number of nitrogens with zero attached hydrogens (tertiary/aromatic N) is 4. The molecule has 1 aromatic carbocycles. The highest BCUT2D eigenvalue weighted by Crippen LogP contribution is 2.33. The van der Waals surface area contributed by atoms with Crippen LogP contribution in [0.4, 0.5) is 11.4 Å². The number of hydrogen-bond acceptors (Lipinski definition) is 6. The SMILES string of the molecule is COc1ccc(NC(=O)c2cn(C3CCNCC3)nn2)cc1N1CCCCC1=O.Cl. The Morgan fingerprint density at radius 2 is 2.07 bits per heavy atom. The van der Waals surface area contributed by atoms with E-state index in [-0.39, 0.29) is 36.0 Å². The van der Waals surface area contributed by atoms with Crippen LogP contribution in [-0.2, 0) is 4.79 Å². The number of aromatic nitrogens is 3. The molecule has 2 fully saturated rings. The van der Waals surface area contributed by atoms with E-state index in [2.05, 4.69) is 20.9 Å². The first-order chi connectivity index (χ1) is 14.2. The van der Waals surface area contributed by atoms with Gasteiger partial charge in [0, 0.05) is 18.7 Å². The molecule has 0 bridgehead atoms. The van der Waals surface area contributed by atoms with Crippen LogP contribution >= 0.6 is 12.4 Å². The Morgan fingerprint density at radius 1 is 1.27 bits per heavy atom. The molecule has 162 valence electrons. The van der Waals surface area contributed by atoms with E-state index in [0.717, 1.165) is 38.8 Å². The quantitative estimate of drug-likeness (QED) is 0.749. The average molecular weight is 435 g/mol. The topological polar surface area (TPSA) is 101 Å². The number of ether oxygens (including phenoxy) is 1. The van der Waals surface area contributed by atoms with Gasteiger partial charge in [-0.15, -0.1) is 17.5 Å². The van der Waals surface area contributed by atoms with Crippen LogP contribution in [0.15, 0.2) is 24.4 Å². The fraction of sp³-hybridized carbons (Fsp3) is 0.500. The van der Waals surface area contributed by atoms with Crippen LogP contribution < -0.4 is 20.3 Å². The molecule has 30 heavy (non-hydrogen) atoms. The summed E-state index contributed by atoms with van der Waals surface area (Å²) in [6, 6.07) is 5.56. The minimum absolute atomic E-state index is 0. The second kappa shape index (κ2) is 9.90. The predicted molar refractivity (Wildman–Crippen MR) is 116 cm³/mol. The highest BCUT2D eigenvalue weighted by molar-refractivity contribution is 6.03. The van der Waals surface area contributed by atoms with Gasteiger partial charge in [0.1, 0.15) is 5.75 Å². The molecule has 9 nitrogen and oxygen atoms in total. The van der Waals surface area contributed by atoms with Gasteiger partial charge in [0.2, 0.25) is 5.91 Å². The summed E-state index contributed by atoms with van der Waals surface area (Å²) in [5, 5.41) is 14.3. The van der Waals surface area contributed by atoms with Gasteiger partial charge >= 0.3 is 0 Å². The Balaban J connectivity index is 0.00000256. The number of amides is 2. The summed E-state index contributed by atoms with van der Waals surface area (Å²) >= 11 is 0. The van der Waals surface area contributed by atoms with Crippen LogP contribution in [0.3, 0.4) is 0 Å². The molecule has 0 spiro atoms. The molecule has 0 saturated carbocycles. The van der Waals surface area contributed by atoms with Crippen molar-refractivity contribution in [3.05, 3.63) is 30.1 Å². The third kappa shape index (κ3) is 4.73. The monoisotopic (exact) mass is 434 g/mol. The average Bonchev–Trinajstić information content (AvgIpc) is 3.25. The van der Waals surface area contributed by atoms with Gasteiger partial charge < -0.3 is 20.3 Å². The van der Waals surface area contributed by atoms with Crippen molar-refractivity contribution in [1.82, 2.24) is 20.3 Å². The highest BCUT2D eigenvalue weighted by atomic mass is 35.5. The van der Waals surface area contributed by atoms with Crippen molar-refractivity contribution in [2.75, 3.05) is 37.0 Å². The molecule has 0 radical (unpaired) electrons. The van der Waals surface area contributed by atoms with Gasteiger partial charge in [0.15, 0.2) is 5.69 Å². The fourth-order valence-corrected chi connectivity index (χ4v) is 3.86. The van der Waals surface area contributed by atoms with Crippen molar-refractivity contribution in [2.45, 2.75) is 38.1 Å². The molecule has 2 aromatic rings. The Labute approximate surface area is 181 Å². The second-order valence-electron chi connectivity index (χ2n) is 7.41. The normalized spacial score (nSPS) is 17.4. The number of anilines is 2. The molecule has 0 aliphatic carbocycles. The van der Waals surface area contributed by atoms with Crippen LogP contribution in [0.2, 0.25) is 0 Å². The summed E-state index contributed by atoms with van der Waals surface area (Å²) in [5.74, 6) is 0.351. The Morgan fingerprint density at radius 3 is 2.80 bits per heavy atom. The molecule has 2 N–H and O–H groups in total. The first-order valence-electron chi connectivity index (χ1n) is 10.1. The zero-order valence-corrected chi connectivity index (χ0v) is 17.8. The van der Waals surface area contributed by atoms with Crippen molar-refractivity contribution in [1.29, 1.82) is 0 Å². The Hall–Kier alpha value is -2.65. The number of nitrogens with one attached hydrogen (secondary N) is 2. The highest BCUT2D eigenvalue weighted by Gasteiger charge is 2.24. The maximum atomic E-state index is 12.7. The molecule has 4 rings (SSSR count). The molecule has 0 unspecified atom stereocenters. The number of methoxy groups -OCH3 is 1. The van der Waals surface area contributed by atoms with Crippen molar-refractivity contribution in [2.24, 2.45) is 0 Å². The van der Waals surface area contributed by atoms with E-state index >= 15 is 0 Å². The smallest absolute Gasteiger partial charge is 0.277 e. The predicted octanol–water partition coefficient (Wildman–Crippen LogP) is 2.40. The van der Waals surface area contributed by atoms with Crippen LogP contribution in [0.1, 0.15) is 48.6 Å². The number of benzene rings is 1. The summed E-state index contributed by atoms with van der Waals surface area (Å²) in [6.45, 7) is 2.53. The number of carbonyl (C=O) groups is 2. The van der Waals surface area contributed by atoms with Gasteiger partial charge in [-0.05, 0) is 57.0 Å². The number of carbonyl (C=O) groups excluding carboxylic acids is 2. The van der Waals surface area contributed by atoms with Crippen molar-refractivity contribution in [3.8, 4) is 5.75 Å². The Bertz CT molecular complexity index is 896. The van der Waals surface area contributed by atoms with E-state index in [1.807, 2.05) is 0 Å². The minimum Gasteiger partial charge on any atom is -0.495 e. The van der Waals surface area contributed by atoms with Gasteiger partial charge in [0.25, 0.3) is 5.91 Å². The summed E-state index contributed by atoms with van der Waals surface area (Å²) in [7, 11) is 1.57. The maximum absolute atomic E-state index is 12.7. The van der Waals surface area contributed by atoms with E-state index in [0.29, 0.717) is 30.1 Å². The van der Waals surface area contributed by atoms with E-state index in [4.69, 9.17) is 4.74 Å². The molecule has 3 heterocycles. The lowest BCUT2D eigenvalue weighted by Gasteiger charge is -2.28. The lowest BCUT2D eigenvalue weighted by Crippen LogP contribution is -2.35. The third-order valence-electron chi connectivity index (χ3n) is 5.48. The Kier molecular flexibility index (Phi) is 7.28. The fourth-order valence-electron chi connectivity index (χ4n) is 3.86. The summed E-state index contributed by atoms with van der Waals surface area (Å²) < 4.78 is 7.20. The van der Waals surface area contributed by atoms with Crippen molar-refractivity contribution in [3.63, 3.8) is 0 Å². The number of piperidine rings is 2. The molecule has 0 atom stereocenters. The lowest BCUT2D eigenvalue weighted by molar-refractivity contribution is -0.119. The lowest BCUT2D eigenvalue weighted by atomic mass is 10.1. The van der Waals surface area contributed by atoms with E-state index < -0.39 is 0 Å². The van der Waals surface area contributed by atoms with Crippen molar-refractivity contribution < 1.29 is 14.3 Å². The largest absolute Gasteiger partial charge is 0.495 e. The zero-order chi connectivity index (χ0) is 20.2. The molecule has 2 aliphatic heterocycles. The molecule has 1 aromatic heterocycles. The molecule has 10 heteroatoms. The van der Waals surface area contributed by atoms with Gasteiger partial charge in [-0.1, -0.05) is 5.21 Å². The van der Waals surface area contributed by atoms with Gasteiger partial charge in [-0.25, -0.2) is 4.68 Å². The second-order valence-corrected chi connectivity index (χ2v) is 7.41. The number of hydrogen-bond donors (Lipinski definition) is 2. The van der Waals surface area contributed by atoms with Crippen LogP contribution in [-0.4, -0.2) is 53.6 Å². The first-order valence-corrected chi connectivity index (χ1v) is 10.1. The maximum Gasteiger partial charge on any atom is 0.277 e. The van der Waals surface area contributed by atoms with E-state index in [9.17, 15) is 9.59 Å². The van der Waals surface area contributed by atoms with E-state index in [1.54, 1.807) is 41.1 Å². The van der Waals surface area contributed by atoms with Crippen LogP contribution in [0.25, 0.3) is 0 Å².